The number of nitrogens with zero attached hydrogens (tertiary/aromatic N) is 3. The first kappa shape index (κ1) is 16.0. The van der Waals surface area contributed by atoms with Crippen LogP contribution in [0.1, 0.15) is 5.56 Å². The number of halogens is 1. The van der Waals surface area contributed by atoms with E-state index in [0.29, 0.717) is 29.1 Å². The molecule has 0 aliphatic heterocycles. The van der Waals surface area contributed by atoms with Gasteiger partial charge in [-0.05, 0) is 29.8 Å². The number of fused-ring (bicyclic) bond motifs is 1. The van der Waals surface area contributed by atoms with Crippen molar-refractivity contribution in [3.8, 4) is 11.6 Å². The Labute approximate surface area is 149 Å². The second-order valence-corrected chi connectivity index (χ2v) is 5.63. The van der Waals surface area contributed by atoms with E-state index in [4.69, 9.17) is 4.74 Å². The number of benzene rings is 2. The maximum absolute atomic E-state index is 14.1. The minimum Gasteiger partial charge on any atom is -0.439 e. The number of aromatic nitrogens is 3. The number of rotatable bonds is 5. The van der Waals surface area contributed by atoms with Crippen LogP contribution in [-0.2, 0) is 6.54 Å². The minimum absolute atomic E-state index is 0.352. The summed E-state index contributed by atoms with van der Waals surface area (Å²) in [5, 5.41) is 3.52. The van der Waals surface area contributed by atoms with Crippen molar-refractivity contribution in [3.63, 3.8) is 0 Å². The molecule has 0 aliphatic carbocycles. The molecule has 0 fully saturated rings. The maximum atomic E-state index is 14.1. The second kappa shape index (κ2) is 7.14. The van der Waals surface area contributed by atoms with Gasteiger partial charge < -0.3 is 10.1 Å². The fourth-order valence-electron chi connectivity index (χ4n) is 2.57. The fraction of sp³-hybridized carbons (Fsp3) is 0.0500. The zero-order valence-corrected chi connectivity index (χ0v) is 13.8. The van der Waals surface area contributed by atoms with Crippen molar-refractivity contribution in [2.24, 2.45) is 0 Å². The van der Waals surface area contributed by atoms with Gasteiger partial charge in [0.1, 0.15) is 23.7 Å². The second-order valence-electron chi connectivity index (χ2n) is 5.63. The Bertz CT molecular complexity index is 1020. The monoisotopic (exact) mass is 346 g/mol. The lowest BCUT2D eigenvalue weighted by Gasteiger charge is -2.09. The smallest absolute Gasteiger partial charge is 0.219 e. The Hall–Kier alpha value is -3.54. The highest BCUT2D eigenvalue weighted by Gasteiger charge is 2.08. The molecule has 4 aromatic rings. The molecule has 0 aliphatic rings. The molecular weight excluding hydrogens is 331 g/mol. The van der Waals surface area contributed by atoms with Gasteiger partial charge in [-0.3, -0.25) is 0 Å². The van der Waals surface area contributed by atoms with Gasteiger partial charge in [0.25, 0.3) is 0 Å². The topological polar surface area (TPSA) is 59.9 Å². The van der Waals surface area contributed by atoms with E-state index in [-0.39, 0.29) is 5.82 Å². The summed E-state index contributed by atoms with van der Waals surface area (Å²) in [4.78, 5) is 12.5. The molecule has 0 radical (unpaired) electrons. The number of ether oxygens (including phenoxy) is 1. The van der Waals surface area contributed by atoms with Gasteiger partial charge in [-0.25, -0.2) is 19.3 Å². The highest BCUT2D eigenvalue weighted by Crippen LogP contribution is 2.23. The lowest BCUT2D eigenvalue weighted by Crippen LogP contribution is -2.04. The molecule has 0 spiro atoms. The molecule has 128 valence electrons. The van der Waals surface area contributed by atoms with Crippen molar-refractivity contribution in [3.05, 3.63) is 84.6 Å². The average Bonchev–Trinajstić information content (AvgIpc) is 2.68. The van der Waals surface area contributed by atoms with Crippen molar-refractivity contribution >= 4 is 16.7 Å². The molecule has 6 heteroatoms. The van der Waals surface area contributed by atoms with Crippen LogP contribution in [0, 0.1) is 5.82 Å². The normalized spacial score (nSPS) is 10.7. The van der Waals surface area contributed by atoms with Crippen LogP contribution in [0.2, 0.25) is 0 Å². The molecule has 5 nitrogen and oxygen atoms in total. The van der Waals surface area contributed by atoms with Crippen LogP contribution < -0.4 is 10.1 Å². The molecule has 0 atom stereocenters. The van der Waals surface area contributed by atoms with E-state index in [1.807, 2.05) is 36.4 Å². The van der Waals surface area contributed by atoms with E-state index in [0.717, 1.165) is 11.3 Å². The molecule has 1 N–H and O–H groups in total. The van der Waals surface area contributed by atoms with E-state index in [2.05, 4.69) is 20.3 Å². The Morgan fingerprint density at radius 1 is 0.885 bits per heavy atom. The van der Waals surface area contributed by atoms with Crippen LogP contribution in [0.5, 0.6) is 11.6 Å². The van der Waals surface area contributed by atoms with Gasteiger partial charge >= 0.3 is 0 Å². The van der Waals surface area contributed by atoms with Crippen LogP contribution >= 0.6 is 0 Å². The third-order valence-corrected chi connectivity index (χ3v) is 3.84. The third-order valence-electron chi connectivity index (χ3n) is 3.84. The van der Waals surface area contributed by atoms with E-state index in [9.17, 15) is 4.39 Å². The number of anilines is 1. The molecule has 26 heavy (non-hydrogen) atoms. The van der Waals surface area contributed by atoms with Gasteiger partial charge in [0.2, 0.25) is 5.88 Å². The molecular formula is C20H15FN4O. The summed E-state index contributed by atoms with van der Waals surface area (Å²) in [5.74, 6) is 1.35. The molecule has 2 aromatic heterocycles. The molecule has 4 rings (SSSR count). The molecule has 0 unspecified atom stereocenters. The number of hydrogen-bond acceptors (Lipinski definition) is 5. The zero-order valence-electron chi connectivity index (χ0n) is 13.8. The summed E-state index contributed by atoms with van der Waals surface area (Å²) in [7, 11) is 0. The molecule has 0 amide bonds. The summed E-state index contributed by atoms with van der Waals surface area (Å²) in [5.41, 5.74) is 1.49. The van der Waals surface area contributed by atoms with Crippen molar-refractivity contribution in [2.45, 2.75) is 6.54 Å². The largest absolute Gasteiger partial charge is 0.439 e. The van der Waals surface area contributed by atoms with E-state index in [1.54, 1.807) is 24.4 Å². The highest BCUT2D eigenvalue weighted by molar-refractivity contribution is 5.89. The van der Waals surface area contributed by atoms with Crippen LogP contribution in [0.25, 0.3) is 10.9 Å². The number of nitrogens with one attached hydrogen (secondary N) is 1. The first-order valence-corrected chi connectivity index (χ1v) is 8.10. The SMILES string of the molecule is Fc1cccc2ncnc(NCc3ccc(Oc4ccccc4)nc3)c12. The minimum atomic E-state index is -0.352. The van der Waals surface area contributed by atoms with Gasteiger partial charge in [-0.1, -0.05) is 30.3 Å². The fourth-order valence-corrected chi connectivity index (χ4v) is 2.57. The van der Waals surface area contributed by atoms with Crippen LogP contribution in [0.4, 0.5) is 10.2 Å². The Morgan fingerprint density at radius 2 is 1.77 bits per heavy atom. The summed E-state index contributed by atoms with van der Waals surface area (Å²) in [6.45, 7) is 0.457. The van der Waals surface area contributed by atoms with Gasteiger partial charge in [-0.2, -0.15) is 0 Å². The molecule has 0 saturated heterocycles. The molecule has 2 aromatic carbocycles. The Balaban J connectivity index is 1.47. The van der Waals surface area contributed by atoms with Gasteiger partial charge in [-0.15, -0.1) is 0 Å². The predicted molar refractivity (Wildman–Crippen MR) is 97.6 cm³/mol. The number of hydrogen-bond donors (Lipinski definition) is 1. The number of pyridine rings is 1. The average molecular weight is 346 g/mol. The number of para-hydroxylation sites is 1. The van der Waals surface area contributed by atoms with Gasteiger partial charge in [0, 0.05) is 18.8 Å². The quantitative estimate of drug-likeness (QED) is 0.574. The van der Waals surface area contributed by atoms with Gasteiger partial charge in [0.05, 0.1) is 10.9 Å². The lowest BCUT2D eigenvalue weighted by molar-refractivity contribution is 0.462. The van der Waals surface area contributed by atoms with E-state index >= 15 is 0 Å². The summed E-state index contributed by atoms with van der Waals surface area (Å²) in [6, 6.07) is 17.9. The molecule has 2 heterocycles. The third kappa shape index (κ3) is 3.44. The highest BCUT2D eigenvalue weighted by atomic mass is 19.1. The predicted octanol–water partition coefficient (Wildman–Crippen LogP) is 4.57. The molecule has 0 bridgehead atoms. The zero-order chi connectivity index (χ0) is 17.8. The maximum Gasteiger partial charge on any atom is 0.219 e. The van der Waals surface area contributed by atoms with Gasteiger partial charge in [0.15, 0.2) is 0 Å². The van der Waals surface area contributed by atoms with Crippen molar-refractivity contribution in [2.75, 3.05) is 5.32 Å². The van der Waals surface area contributed by atoms with E-state index < -0.39 is 0 Å². The Kier molecular flexibility index (Phi) is 4.38. The van der Waals surface area contributed by atoms with Crippen LogP contribution in [0.15, 0.2) is 73.2 Å². The summed E-state index contributed by atoms with van der Waals surface area (Å²) < 4.78 is 19.8. The van der Waals surface area contributed by atoms with Crippen molar-refractivity contribution < 1.29 is 9.13 Å². The summed E-state index contributed by atoms with van der Waals surface area (Å²) >= 11 is 0. The van der Waals surface area contributed by atoms with Crippen molar-refractivity contribution in [1.82, 2.24) is 15.0 Å². The Morgan fingerprint density at radius 3 is 2.58 bits per heavy atom. The first-order valence-electron chi connectivity index (χ1n) is 8.10. The standard InChI is InChI=1S/C20H15FN4O/c21-16-7-4-8-17-19(16)20(25-13-24-17)23-12-14-9-10-18(22-11-14)26-15-5-2-1-3-6-15/h1-11,13H,12H2,(H,23,24,25). The van der Waals surface area contributed by atoms with Crippen molar-refractivity contribution in [1.29, 1.82) is 0 Å². The lowest BCUT2D eigenvalue weighted by atomic mass is 10.2. The van der Waals surface area contributed by atoms with E-state index in [1.165, 1.54) is 12.4 Å². The molecule has 0 saturated carbocycles. The summed E-state index contributed by atoms with van der Waals surface area (Å²) in [6.07, 6.45) is 3.13. The van der Waals surface area contributed by atoms with Crippen LogP contribution in [-0.4, -0.2) is 15.0 Å². The first-order chi connectivity index (χ1) is 12.8. The van der Waals surface area contributed by atoms with Crippen LogP contribution in [0.3, 0.4) is 0 Å².